The normalized spacial score (nSPS) is 28.5. The summed E-state index contributed by atoms with van der Waals surface area (Å²) in [6.07, 6.45) is 3.00. The van der Waals surface area contributed by atoms with Crippen molar-refractivity contribution in [3.63, 3.8) is 0 Å². The van der Waals surface area contributed by atoms with E-state index in [9.17, 15) is 0 Å². The highest BCUT2D eigenvalue weighted by Gasteiger charge is 2.35. The minimum absolute atomic E-state index is 0.677. The van der Waals surface area contributed by atoms with Crippen LogP contribution in [0.3, 0.4) is 0 Å². The lowest BCUT2D eigenvalue weighted by Crippen LogP contribution is -1.84. The highest BCUT2D eigenvalue weighted by molar-refractivity contribution is 6.30. The molecule has 58 valence electrons. The molecule has 1 fully saturated rings. The number of hydrogen-bond donors (Lipinski definition) is 0. The van der Waals surface area contributed by atoms with E-state index in [1.807, 2.05) is 6.07 Å². The standard InChI is InChI=1S/C9H10ClN/c1-6-5-8(6)7-3-2-4-11-9(7)10/h2-4,6,8H,5H2,1H3/t6-,8?/m0/s1. The summed E-state index contributed by atoms with van der Waals surface area (Å²) in [6.45, 7) is 2.24. The van der Waals surface area contributed by atoms with E-state index in [4.69, 9.17) is 11.6 Å². The van der Waals surface area contributed by atoms with Crippen LogP contribution >= 0.6 is 11.6 Å². The molecule has 1 aromatic rings. The summed E-state index contributed by atoms with van der Waals surface area (Å²) in [5, 5.41) is 0.682. The molecule has 0 N–H and O–H groups in total. The third kappa shape index (κ3) is 1.25. The number of pyridine rings is 1. The summed E-state index contributed by atoms with van der Waals surface area (Å²) in [5.74, 6) is 1.48. The second-order valence-electron chi connectivity index (χ2n) is 3.20. The molecule has 0 spiro atoms. The Balaban J connectivity index is 2.31. The summed E-state index contributed by atoms with van der Waals surface area (Å²) in [6, 6.07) is 4.02. The highest BCUT2D eigenvalue weighted by atomic mass is 35.5. The van der Waals surface area contributed by atoms with Crippen molar-refractivity contribution in [3.8, 4) is 0 Å². The molecule has 1 aliphatic rings. The molecule has 2 rings (SSSR count). The van der Waals surface area contributed by atoms with Gasteiger partial charge in [-0.05, 0) is 29.9 Å². The summed E-state index contributed by atoms with van der Waals surface area (Å²) >= 11 is 5.91. The van der Waals surface area contributed by atoms with Crippen molar-refractivity contribution in [1.29, 1.82) is 0 Å². The first-order chi connectivity index (χ1) is 5.29. The first-order valence-corrected chi connectivity index (χ1v) is 4.27. The fraction of sp³-hybridized carbons (Fsp3) is 0.444. The lowest BCUT2D eigenvalue weighted by molar-refractivity contribution is 0.909. The summed E-state index contributed by atoms with van der Waals surface area (Å²) in [4.78, 5) is 4.04. The van der Waals surface area contributed by atoms with E-state index >= 15 is 0 Å². The van der Waals surface area contributed by atoms with Crippen molar-refractivity contribution in [2.45, 2.75) is 19.3 Å². The zero-order valence-corrected chi connectivity index (χ0v) is 7.17. The fourth-order valence-corrected chi connectivity index (χ4v) is 1.69. The van der Waals surface area contributed by atoms with E-state index in [1.165, 1.54) is 12.0 Å². The Morgan fingerprint density at radius 1 is 1.64 bits per heavy atom. The van der Waals surface area contributed by atoms with Crippen LogP contribution in [0.4, 0.5) is 0 Å². The zero-order valence-electron chi connectivity index (χ0n) is 6.42. The van der Waals surface area contributed by atoms with E-state index < -0.39 is 0 Å². The number of halogens is 1. The molecule has 0 aliphatic heterocycles. The predicted octanol–water partition coefficient (Wildman–Crippen LogP) is 2.86. The summed E-state index contributed by atoms with van der Waals surface area (Å²) in [5.41, 5.74) is 1.22. The fourth-order valence-electron chi connectivity index (χ4n) is 1.43. The predicted molar refractivity (Wildman–Crippen MR) is 45.8 cm³/mol. The van der Waals surface area contributed by atoms with Gasteiger partial charge in [0.1, 0.15) is 5.15 Å². The number of nitrogens with zero attached hydrogens (tertiary/aromatic N) is 1. The van der Waals surface area contributed by atoms with Crippen molar-refractivity contribution in [2.75, 3.05) is 0 Å². The minimum atomic E-state index is 0.677. The van der Waals surface area contributed by atoms with Crippen LogP contribution in [0.1, 0.15) is 24.8 Å². The van der Waals surface area contributed by atoms with E-state index in [2.05, 4.69) is 18.0 Å². The van der Waals surface area contributed by atoms with Gasteiger partial charge in [0.2, 0.25) is 0 Å². The second-order valence-corrected chi connectivity index (χ2v) is 3.56. The van der Waals surface area contributed by atoms with Gasteiger partial charge in [-0.15, -0.1) is 0 Å². The quantitative estimate of drug-likeness (QED) is 0.587. The molecule has 1 aliphatic carbocycles. The van der Waals surface area contributed by atoms with E-state index in [0.717, 1.165) is 5.92 Å². The third-order valence-corrected chi connectivity index (χ3v) is 2.61. The maximum atomic E-state index is 5.91. The number of aromatic nitrogens is 1. The van der Waals surface area contributed by atoms with Gasteiger partial charge >= 0.3 is 0 Å². The van der Waals surface area contributed by atoms with Gasteiger partial charge in [-0.25, -0.2) is 4.98 Å². The van der Waals surface area contributed by atoms with Crippen molar-refractivity contribution < 1.29 is 0 Å². The van der Waals surface area contributed by atoms with Crippen molar-refractivity contribution in [2.24, 2.45) is 5.92 Å². The Kier molecular flexibility index (Phi) is 1.61. The molecule has 1 aromatic heterocycles. The van der Waals surface area contributed by atoms with Gasteiger partial charge in [0.05, 0.1) is 0 Å². The molecule has 1 unspecified atom stereocenters. The monoisotopic (exact) mass is 167 g/mol. The average Bonchev–Trinajstić information content (AvgIpc) is 2.68. The van der Waals surface area contributed by atoms with Gasteiger partial charge in [0.15, 0.2) is 0 Å². The van der Waals surface area contributed by atoms with Gasteiger partial charge in [-0.1, -0.05) is 24.6 Å². The van der Waals surface area contributed by atoms with Crippen LogP contribution in [0.15, 0.2) is 18.3 Å². The van der Waals surface area contributed by atoms with Crippen LogP contribution < -0.4 is 0 Å². The number of hydrogen-bond acceptors (Lipinski definition) is 1. The maximum Gasteiger partial charge on any atom is 0.132 e. The Hall–Kier alpha value is -0.560. The second kappa shape index (κ2) is 2.49. The lowest BCUT2D eigenvalue weighted by atomic mass is 10.2. The summed E-state index contributed by atoms with van der Waals surface area (Å²) in [7, 11) is 0. The van der Waals surface area contributed by atoms with Gasteiger partial charge in [-0.2, -0.15) is 0 Å². The highest BCUT2D eigenvalue weighted by Crippen LogP contribution is 2.48. The molecule has 0 radical (unpaired) electrons. The van der Waals surface area contributed by atoms with E-state index in [-0.39, 0.29) is 0 Å². The molecular weight excluding hydrogens is 158 g/mol. The molecule has 1 heterocycles. The van der Waals surface area contributed by atoms with Crippen LogP contribution in [-0.2, 0) is 0 Å². The number of rotatable bonds is 1. The van der Waals surface area contributed by atoms with E-state index in [0.29, 0.717) is 11.1 Å². The van der Waals surface area contributed by atoms with Crippen molar-refractivity contribution >= 4 is 11.6 Å². The van der Waals surface area contributed by atoms with Crippen molar-refractivity contribution in [1.82, 2.24) is 4.98 Å². The van der Waals surface area contributed by atoms with Crippen LogP contribution in [-0.4, -0.2) is 4.98 Å². The Morgan fingerprint density at radius 3 is 2.91 bits per heavy atom. The molecular formula is C9H10ClN. The topological polar surface area (TPSA) is 12.9 Å². The molecule has 0 saturated heterocycles. The SMILES string of the molecule is C[C@H]1CC1c1cccnc1Cl. The molecule has 0 aromatic carbocycles. The van der Waals surface area contributed by atoms with Crippen LogP contribution in [0.2, 0.25) is 5.15 Å². The van der Waals surface area contributed by atoms with Gasteiger partial charge in [0, 0.05) is 6.20 Å². The molecule has 2 heteroatoms. The molecule has 0 bridgehead atoms. The average molecular weight is 168 g/mol. The lowest BCUT2D eigenvalue weighted by Gasteiger charge is -1.98. The molecule has 0 amide bonds. The minimum Gasteiger partial charge on any atom is -0.244 e. The maximum absolute atomic E-state index is 5.91. The van der Waals surface area contributed by atoms with Gasteiger partial charge in [0.25, 0.3) is 0 Å². The van der Waals surface area contributed by atoms with Crippen LogP contribution in [0, 0.1) is 5.92 Å². The molecule has 11 heavy (non-hydrogen) atoms. The smallest absolute Gasteiger partial charge is 0.132 e. The molecule has 2 atom stereocenters. The van der Waals surface area contributed by atoms with Gasteiger partial charge < -0.3 is 0 Å². The van der Waals surface area contributed by atoms with Crippen LogP contribution in [0.25, 0.3) is 0 Å². The Morgan fingerprint density at radius 2 is 2.36 bits per heavy atom. The Labute approximate surface area is 71.4 Å². The first-order valence-electron chi connectivity index (χ1n) is 3.89. The first kappa shape index (κ1) is 7.11. The molecule has 1 nitrogen and oxygen atoms in total. The van der Waals surface area contributed by atoms with E-state index in [1.54, 1.807) is 6.20 Å². The molecule has 1 saturated carbocycles. The largest absolute Gasteiger partial charge is 0.244 e. The summed E-state index contributed by atoms with van der Waals surface area (Å²) < 4.78 is 0. The van der Waals surface area contributed by atoms with Crippen molar-refractivity contribution in [3.05, 3.63) is 29.0 Å². The zero-order chi connectivity index (χ0) is 7.84. The third-order valence-electron chi connectivity index (χ3n) is 2.30. The Bertz CT molecular complexity index is 272. The van der Waals surface area contributed by atoms with Gasteiger partial charge in [-0.3, -0.25) is 0 Å². The van der Waals surface area contributed by atoms with Crippen LogP contribution in [0.5, 0.6) is 0 Å².